The van der Waals surface area contributed by atoms with Crippen LogP contribution in [0.25, 0.3) is 0 Å². The lowest BCUT2D eigenvalue weighted by molar-refractivity contribution is -0.137. The Balaban J connectivity index is 3.23. The molecule has 1 N–H and O–H groups in total. The molecule has 0 aliphatic rings. The monoisotopic (exact) mass is 210 g/mol. The van der Waals surface area contributed by atoms with Crippen molar-refractivity contribution in [3.05, 3.63) is 27.9 Å². The van der Waals surface area contributed by atoms with Crippen LogP contribution in [-0.2, 0) is 24.2 Å². The lowest BCUT2D eigenvalue weighted by Crippen LogP contribution is -2.28. The largest absolute Gasteiger partial charge is 0.480 e. The number of hydrogen-bond donors (Lipinski definition) is 1. The van der Waals surface area contributed by atoms with Crippen LogP contribution in [0.2, 0.25) is 0 Å². The smallest absolute Gasteiger partial charge is 0.323 e. The highest BCUT2D eigenvalue weighted by molar-refractivity contribution is 5.66. The summed E-state index contributed by atoms with van der Waals surface area (Å²) in [5.41, 5.74) is 1.12. The third kappa shape index (κ3) is 2.43. The van der Waals surface area contributed by atoms with Crippen LogP contribution < -0.4 is 5.56 Å². The fourth-order valence-electron chi connectivity index (χ4n) is 1.48. The Hall–Kier alpha value is -1.65. The van der Waals surface area contributed by atoms with E-state index < -0.39 is 5.97 Å². The van der Waals surface area contributed by atoms with Gasteiger partial charge in [-0.05, 0) is 12.8 Å². The maximum atomic E-state index is 11.8. The summed E-state index contributed by atoms with van der Waals surface area (Å²) in [5.74, 6) is -1.04. The first-order valence-electron chi connectivity index (χ1n) is 4.89. The van der Waals surface area contributed by atoms with Gasteiger partial charge in [-0.15, -0.1) is 0 Å². The average molecular weight is 210 g/mol. The Morgan fingerprint density at radius 3 is 2.60 bits per heavy atom. The third-order valence-electron chi connectivity index (χ3n) is 2.21. The van der Waals surface area contributed by atoms with E-state index in [1.54, 1.807) is 0 Å². The first-order chi connectivity index (χ1) is 7.10. The fourth-order valence-corrected chi connectivity index (χ4v) is 1.48. The van der Waals surface area contributed by atoms with Crippen LogP contribution in [0.5, 0.6) is 0 Å². The van der Waals surface area contributed by atoms with Gasteiger partial charge >= 0.3 is 5.97 Å². The van der Waals surface area contributed by atoms with Crippen molar-refractivity contribution in [3.8, 4) is 0 Å². The quantitative estimate of drug-likeness (QED) is 0.783. The minimum Gasteiger partial charge on any atom is -0.480 e. The van der Waals surface area contributed by atoms with Gasteiger partial charge in [-0.2, -0.15) is 0 Å². The number of aromatic nitrogens is 2. The zero-order valence-corrected chi connectivity index (χ0v) is 8.86. The van der Waals surface area contributed by atoms with Crippen LogP contribution in [0.15, 0.2) is 11.1 Å². The highest BCUT2D eigenvalue weighted by Gasteiger charge is 2.09. The first-order valence-corrected chi connectivity index (χ1v) is 4.89. The number of rotatable bonds is 4. The number of aliphatic carboxylic acids is 1. The van der Waals surface area contributed by atoms with E-state index in [1.165, 1.54) is 6.33 Å². The summed E-state index contributed by atoms with van der Waals surface area (Å²) in [6.45, 7) is 3.45. The van der Waals surface area contributed by atoms with E-state index in [4.69, 9.17) is 5.11 Å². The molecule has 0 aliphatic carbocycles. The minimum absolute atomic E-state index is 0.244. The van der Waals surface area contributed by atoms with Gasteiger partial charge in [0.1, 0.15) is 6.54 Å². The number of hydrogen-bond acceptors (Lipinski definition) is 3. The fraction of sp³-hybridized carbons (Fsp3) is 0.500. The molecule has 0 aliphatic heterocycles. The third-order valence-corrected chi connectivity index (χ3v) is 2.21. The molecule has 0 unspecified atom stereocenters. The number of aryl methyl sites for hydroxylation is 1. The van der Waals surface area contributed by atoms with E-state index >= 15 is 0 Å². The van der Waals surface area contributed by atoms with Gasteiger partial charge in [-0.25, -0.2) is 4.98 Å². The summed E-state index contributed by atoms with van der Waals surface area (Å²) in [6.07, 6.45) is 2.57. The van der Waals surface area contributed by atoms with Crippen LogP contribution in [0.1, 0.15) is 25.1 Å². The molecule has 82 valence electrons. The van der Waals surface area contributed by atoms with Crippen LogP contribution in [-0.4, -0.2) is 20.6 Å². The van der Waals surface area contributed by atoms with Crippen LogP contribution in [0.4, 0.5) is 0 Å². The lowest BCUT2D eigenvalue weighted by atomic mass is 10.1. The molecule has 0 aromatic carbocycles. The second-order valence-corrected chi connectivity index (χ2v) is 3.20. The summed E-state index contributed by atoms with van der Waals surface area (Å²) in [6, 6.07) is 0. The van der Waals surface area contributed by atoms with Gasteiger partial charge in [0.15, 0.2) is 0 Å². The van der Waals surface area contributed by atoms with E-state index in [-0.39, 0.29) is 12.1 Å². The standard InChI is InChI=1S/C10H14N2O3/c1-3-7-8(4-2)11-6-12(10(7)15)5-9(13)14/h6H,3-5H2,1-2H3,(H,13,14). The Morgan fingerprint density at radius 2 is 2.13 bits per heavy atom. The van der Waals surface area contributed by atoms with Gasteiger partial charge in [0.05, 0.1) is 12.0 Å². The van der Waals surface area contributed by atoms with Crippen molar-refractivity contribution in [1.82, 2.24) is 9.55 Å². The van der Waals surface area contributed by atoms with E-state index in [2.05, 4.69) is 4.98 Å². The van der Waals surface area contributed by atoms with Crippen LogP contribution in [0, 0.1) is 0 Å². The number of carbonyl (C=O) groups is 1. The van der Waals surface area contributed by atoms with Crippen molar-refractivity contribution < 1.29 is 9.90 Å². The number of nitrogens with zero attached hydrogens (tertiary/aromatic N) is 2. The molecule has 0 fully saturated rings. The summed E-state index contributed by atoms with van der Waals surface area (Å²) in [7, 11) is 0. The molecule has 0 radical (unpaired) electrons. The SMILES string of the molecule is CCc1ncn(CC(=O)O)c(=O)c1CC. The second kappa shape index (κ2) is 4.72. The zero-order valence-electron chi connectivity index (χ0n) is 8.86. The predicted octanol–water partition coefficient (Wildman–Crippen LogP) is 0.453. The van der Waals surface area contributed by atoms with E-state index in [1.807, 2.05) is 13.8 Å². The minimum atomic E-state index is -1.04. The Kier molecular flexibility index (Phi) is 3.60. The zero-order chi connectivity index (χ0) is 11.4. The summed E-state index contributed by atoms with van der Waals surface area (Å²) in [5, 5.41) is 8.59. The molecule has 1 rings (SSSR count). The molecule has 0 amide bonds. The van der Waals surface area contributed by atoms with Crippen molar-refractivity contribution >= 4 is 5.97 Å². The van der Waals surface area contributed by atoms with Crippen molar-refractivity contribution in [1.29, 1.82) is 0 Å². The molecule has 5 nitrogen and oxygen atoms in total. The van der Waals surface area contributed by atoms with Crippen molar-refractivity contribution in [3.63, 3.8) is 0 Å². The van der Waals surface area contributed by atoms with E-state index in [9.17, 15) is 9.59 Å². The Morgan fingerprint density at radius 1 is 1.47 bits per heavy atom. The Labute approximate surface area is 87.4 Å². The molecule has 0 saturated carbocycles. The van der Waals surface area contributed by atoms with Crippen LogP contribution >= 0.6 is 0 Å². The molecule has 0 bridgehead atoms. The molecule has 0 atom stereocenters. The van der Waals surface area contributed by atoms with Gasteiger partial charge in [-0.3, -0.25) is 14.2 Å². The molecule has 0 saturated heterocycles. The summed E-state index contributed by atoms with van der Waals surface area (Å²) >= 11 is 0. The average Bonchev–Trinajstić information content (AvgIpc) is 2.20. The molecular weight excluding hydrogens is 196 g/mol. The van der Waals surface area contributed by atoms with Crippen molar-refractivity contribution in [2.45, 2.75) is 33.2 Å². The summed E-state index contributed by atoms with van der Waals surface area (Å²) < 4.78 is 1.13. The van der Waals surface area contributed by atoms with Crippen molar-refractivity contribution in [2.75, 3.05) is 0 Å². The maximum absolute atomic E-state index is 11.8. The maximum Gasteiger partial charge on any atom is 0.323 e. The van der Waals surface area contributed by atoms with E-state index in [0.717, 1.165) is 10.3 Å². The molecule has 1 aromatic rings. The highest BCUT2D eigenvalue weighted by atomic mass is 16.4. The second-order valence-electron chi connectivity index (χ2n) is 3.20. The molecule has 1 aromatic heterocycles. The molecule has 5 heteroatoms. The molecule has 0 spiro atoms. The lowest BCUT2D eigenvalue weighted by Gasteiger charge is -2.07. The van der Waals surface area contributed by atoms with Gasteiger partial charge in [-0.1, -0.05) is 13.8 Å². The normalized spacial score (nSPS) is 10.3. The molecular formula is C10H14N2O3. The predicted molar refractivity (Wildman–Crippen MR) is 54.9 cm³/mol. The highest BCUT2D eigenvalue weighted by Crippen LogP contribution is 2.01. The van der Waals surface area contributed by atoms with Gasteiger partial charge in [0.25, 0.3) is 5.56 Å². The number of carboxylic acids is 1. The van der Waals surface area contributed by atoms with Crippen molar-refractivity contribution in [2.24, 2.45) is 0 Å². The van der Waals surface area contributed by atoms with E-state index in [0.29, 0.717) is 18.4 Å². The molecule has 15 heavy (non-hydrogen) atoms. The van der Waals surface area contributed by atoms with Gasteiger partial charge < -0.3 is 5.11 Å². The van der Waals surface area contributed by atoms with Crippen LogP contribution in [0.3, 0.4) is 0 Å². The summed E-state index contributed by atoms with van der Waals surface area (Å²) in [4.78, 5) is 26.3. The van der Waals surface area contributed by atoms with Gasteiger partial charge in [0, 0.05) is 5.56 Å². The Bertz CT molecular complexity index is 423. The molecule has 1 heterocycles. The topological polar surface area (TPSA) is 72.2 Å². The number of carboxylic acid groups (broad SMARTS) is 1. The first kappa shape index (κ1) is 11.4. The van der Waals surface area contributed by atoms with Gasteiger partial charge in [0.2, 0.25) is 0 Å².